The Bertz CT molecular complexity index is 537. The predicted octanol–water partition coefficient (Wildman–Crippen LogP) is 2.53. The van der Waals surface area contributed by atoms with Crippen molar-refractivity contribution >= 4 is 17.5 Å². The lowest BCUT2D eigenvalue weighted by Crippen LogP contribution is -2.45. The lowest BCUT2D eigenvalue weighted by molar-refractivity contribution is -0.119. The number of hydrogen-bond acceptors (Lipinski definition) is 3. The first-order valence-electron chi connectivity index (χ1n) is 7.39. The fourth-order valence-corrected chi connectivity index (χ4v) is 1.73. The molecule has 0 saturated heterocycles. The number of amides is 2. The number of nitrogens with one attached hydrogen (secondary N) is 2. The molecule has 1 aromatic carbocycles. The molecule has 0 fully saturated rings. The van der Waals surface area contributed by atoms with Crippen LogP contribution in [0.5, 0.6) is 0 Å². The van der Waals surface area contributed by atoms with Gasteiger partial charge in [0.05, 0.1) is 6.04 Å². The lowest BCUT2D eigenvalue weighted by Gasteiger charge is -2.25. The number of carbonyl (C=O) groups excluding carboxylic acids is 2. The Kier molecular flexibility index (Phi) is 5.35. The number of rotatable bonds is 3. The maximum absolute atomic E-state index is 12.1. The van der Waals surface area contributed by atoms with Gasteiger partial charge in [0.15, 0.2) is 0 Å². The fourth-order valence-electron chi connectivity index (χ4n) is 1.73. The van der Waals surface area contributed by atoms with E-state index in [1.54, 1.807) is 24.3 Å². The summed E-state index contributed by atoms with van der Waals surface area (Å²) in [6, 6.07) is 6.16. The van der Waals surface area contributed by atoms with Gasteiger partial charge in [0.25, 0.3) is 5.91 Å². The highest BCUT2D eigenvalue weighted by molar-refractivity contribution is 5.97. The van der Waals surface area contributed by atoms with Crippen LogP contribution in [0, 0.1) is 5.41 Å². The van der Waals surface area contributed by atoms with Crippen LogP contribution in [0.3, 0.4) is 0 Å². The summed E-state index contributed by atoms with van der Waals surface area (Å²) in [6.45, 7) is 11.5. The molecule has 0 saturated carbocycles. The van der Waals surface area contributed by atoms with Crippen molar-refractivity contribution in [2.24, 2.45) is 11.1 Å². The number of nitrogens with two attached hydrogens (primary N) is 1. The van der Waals surface area contributed by atoms with Crippen LogP contribution < -0.4 is 16.4 Å². The molecule has 0 spiro atoms. The monoisotopic (exact) mass is 305 g/mol. The molecule has 4 N–H and O–H groups in total. The van der Waals surface area contributed by atoms with Crippen molar-refractivity contribution in [1.29, 1.82) is 0 Å². The zero-order chi connectivity index (χ0) is 17.1. The normalized spacial score (nSPS) is 13.4. The second kappa shape index (κ2) is 6.48. The first-order chi connectivity index (χ1) is 9.90. The molecule has 0 radical (unpaired) electrons. The highest BCUT2D eigenvalue weighted by Crippen LogP contribution is 2.19. The second-order valence-corrected chi connectivity index (χ2v) is 7.61. The van der Waals surface area contributed by atoms with Crippen molar-refractivity contribution in [3.8, 4) is 0 Å². The number of anilines is 1. The summed E-state index contributed by atoms with van der Waals surface area (Å²) in [6.07, 6.45) is 0. The maximum Gasteiger partial charge on any atom is 0.251 e. The molecule has 2 amide bonds. The molecule has 0 unspecified atom stereocenters. The molecule has 122 valence electrons. The van der Waals surface area contributed by atoms with E-state index < -0.39 is 6.04 Å². The number of hydrogen-bond donors (Lipinski definition) is 3. The third-order valence-electron chi connectivity index (χ3n) is 3.12. The van der Waals surface area contributed by atoms with Crippen LogP contribution in [0.25, 0.3) is 0 Å². The minimum Gasteiger partial charge on any atom is -0.347 e. The first kappa shape index (κ1) is 18.2. The summed E-state index contributed by atoms with van der Waals surface area (Å²) < 4.78 is 0. The highest BCUT2D eigenvalue weighted by Gasteiger charge is 2.27. The van der Waals surface area contributed by atoms with Gasteiger partial charge in [0.1, 0.15) is 0 Å². The summed E-state index contributed by atoms with van der Waals surface area (Å²) in [4.78, 5) is 24.1. The molecule has 22 heavy (non-hydrogen) atoms. The van der Waals surface area contributed by atoms with E-state index in [2.05, 4.69) is 10.6 Å². The van der Waals surface area contributed by atoms with Gasteiger partial charge in [-0.3, -0.25) is 9.59 Å². The Labute approximate surface area is 132 Å². The van der Waals surface area contributed by atoms with E-state index in [0.717, 1.165) is 0 Å². The highest BCUT2D eigenvalue weighted by atomic mass is 16.2. The van der Waals surface area contributed by atoms with Crippen LogP contribution in [0.1, 0.15) is 51.9 Å². The van der Waals surface area contributed by atoms with Crippen molar-refractivity contribution in [2.75, 3.05) is 5.32 Å². The van der Waals surface area contributed by atoms with Crippen LogP contribution in [0.4, 0.5) is 5.69 Å². The summed E-state index contributed by atoms with van der Waals surface area (Å²) in [5, 5.41) is 5.65. The van der Waals surface area contributed by atoms with E-state index in [0.29, 0.717) is 11.3 Å². The molecule has 0 aliphatic rings. The Morgan fingerprint density at radius 2 is 1.50 bits per heavy atom. The second-order valence-electron chi connectivity index (χ2n) is 7.61. The Hall–Kier alpha value is -1.88. The Morgan fingerprint density at radius 1 is 1.00 bits per heavy atom. The van der Waals surface area contributed by atoms with E-state index >= 15 is 0 Å². The van der Waals surface area contributed by atoms with Gasteiger partial charge >= 0.3 is 0 Å². The molecule has 5 nitrogen and oxygen atoms in total. The molecule has 0 aliphatic carbocycles. The standard InChI is InChI=1S/C17H27N3O2/c1-16(2,3)13(18)15(22)19-12-9-7-11(8-10-12)14(21)20-17(4,5)6/h7-10,13H,18H2,1-6H3,(H,19,22)(H,20,21)/t13-/m1/s1. The van der Waals surface area contributed by atoms with Gasteiger partial charge in [-0.25, -0.2) is 0 Å². The summed E-state index contributed by atoms with van der Waals surface area (Å²) in [7, 11) is 0. The van der Waals surface area contributed by atoms with Gasteiger partial charge in [-0.1, -0.05) is 20.8 Å². The average molecular weight is 305 g/mol. The van der Waals surface area contributed by atoms with Crippen molar-refractivity contribution in [1.82, 2.24) is 5.32 Å². The van der Waals surface area contributed by atoms with Crippen LogP contribution in [-0.2, 0) is 4.79 Å². The molecule has 5 heteroatoms. The average Bonchev–Trinajstić information content (AvgIpc) is 2.35. The fraction of sp³-hybridized carbons (Fsp3) is 0.529. The Morgan fingerprint density at radius 3 is 1.91 bits per heavy atom. The van der Waals surface area contributed by atoms with Crippen LogP contribution in [-0.4, -0.2) is 23.4 Å². The summed E-state index contributed by atoms with van der Waals surface area (Å²) in [5.74, 6) is -0.379. The Balaban J connectivity index is 2.74. The van der Waals surface area contributed by atoms with Crippen LogP contribution in [0.2, 0.25) is 0 Å². The third kappa shape index (κ3) is 5.48. The number of benzene rings is 1. The molecule has 0 heterocycles. The minimum atomic E-state index is -0.601. The quantitative estimate of drug-likeness (QED) is 0.802. The lowest BCUT2D eigenvalue weighted by atomic mass is 9.87. The van der Waals surface area contributed by atoms with Crippen LogP contribution >= 0.6 is 0 Å². The zero-order valence-corrected chi connectivity index (χ0v) is 14.3. The van der Waals surface area contributed by atoms with Gasteiger partial charge in [0.2, 0.25) is 5.91 Å². The number of carbonyl (C=O) groups is 2. The molecule has 1 aromatic rings. The molecular formula is C17H27N3O2. The zero-order valence-electron chi connectivity index (χ0n) is 14.3. The predicted molar refractivity (Wildman–Crippen MR) is 89.7 cm³/mol. The van der Waals surface area contributed by atoms with Crippen molar-refractivity contribution < 1.29 is 9.59 Å². The molecule has 1 rings (SSSR count). The molecule has 1 atom stereocenters. The van der Waals surface area contributed by atoms with Gasteiger partial charge in [0, 0.05) is 16.8 Å². The van der Waals surface area contributed by atoms with Crippen molar-refractivity contribution in [3.63, 3.8) is 0 Å². The molecule has 0 bridgehead atoms. The van der Waals surface area contributed by atoms with E-state index in [4.69, 9.17) is 5.73 Å². The molecule has 0 aliphatic heterocycles. The van der Waals surface area contributed by atoms with Gasteiger partial charge < -0.3 is 16.4 Å². The van der Waals surface area contributed by atoms with E-state index in [9.17, 15) is 9.59 Å². The van der Waals surface area contributed by atoms with Crippen molar-refractivity contribution in [2.45, 2.75) is 53.1 Å². The summed E-state index contributed by atoms with van der Waals surface area (Å²) in [5.41, 5.74) is 6.49. The molecule has 0 aromatic heterocycles. The maximum atomic E-state index is 12.1. The van der Waals surface area contributed by atoms with Crippen molar-refractivity contribution in [3.05, 3.63) is 29.8 Å². The van der Waals surface area contributed by atoms with E-state index in [1.165, 1.54) is 0 Å². The molecular weight excluding hydrogens is 278 g/mol. The smallest absolute Gasteiger partial charge is 0.251 e. The minimum absolute atomic E-state index is 0.142. The third-order valence-corrected chi connectivity index (χ3v) is 3.12. The van der Waals surface area contributed by atoms with Gasteiger partial charge in [-0.05, 0) is 50.5 Å². The topological polar surface area (TPSA) is 84.2 Å². The SMILES string of the molecule is CC(C)(C)NC(=O)c1ccc(NC(=O)[C@@H](N)C(C)(C)C)cc1. The van der Waals surface area contributed by atoms with Gasteiger partial charge in [-0.2, -0.15) is 0 Å². The first-order valence-corrected chi connectivity index (χ1v) is 7.39. The van der Waals surface area contributed by atoms with E-state index in [1.807, 2.05) is 41.5 Å². The summed E-state index contributed by atoms with van der Waals surface area (Å²) >= 11 is 0. The van der Waals surface area contributed by atoms with Crippen LogP contribution in [0.15, 0.2) is 24.3 Å². The largest absolute Gasteiger partial charge is 0.347 e. The van der Waals surface area contributed by atoms with Gasteiger partial charge in [-0.15, -0.1) is 0 Å². The van der Waals surface area contributed by atoms with E-state index in [-0.39, 0.29) is 22.8 Å².